The Morgan fingerprint density at radius 1 is 1.11 bits per heavy atom. The van der Waals surface area contributed by atoms with E-state index in [0.29, 0.717) is 6.42 Å². The number of Topliss-reactive ketones (excluding diaryl/α,β-unsaturated/α-hetero) is 1. The van der Waals surface area contributed by atoms with Crippen molar-refractivity contribution in [3.63, 3.8) is 0 Å². The summed E-state index contributed by atoms with van der Waals surface area (Å²) < 4.78 is 13.5. The van der Waals surface area contributed by atoms with Crippen LogP contribution in [-0.2, 0) is 9.59 Å². The predicted octanol–water partition coefficient (Wildman–Crippen LogP) is 4.17. The number of ketones is 1. The lowest BCUT2D eigenvalue weighted by Gasteiger charge is -2.36. The molecule has 0 radical (unpaired) electrons. The van der Waals surface area contributed by atoms with Crippen molar-refractivity contribution in [1.29, 1.82) is 0 Å². The number of nitro groups is 1. The van der Waals surface area contributed by atoms with Gasteiger partial charge < -0.3 is 0 Å². The standard InChI is InChI=1S/C26H23ClFN3O6/c1-15-3-2-4-20-22(15)26(35)30(25(20)34)29(24(33)17-7-11-19(12-8-17)31(36)37)21(13-14-27)23(32)16-5-9-18(28)10-6-16/h2-3,5-12,15,20-22H,4,13-14H2,1H3/t15-,20+,21-,22-/m1/s1. The summed E-state index contributed by atoms with van der Waals surface area (Å²) in [6.45, 7) is 1.80. The van der Waals surface area contributed by atoms with E-state index in [1.165, 1.54) is 24.3 Å². The molecule has 4 atom stereocenters. The number of amides is 3. The van der Waals surface area contributed by atoms with E-state index in [2.05, 4.69) is 0 Å². The summed E-state index contributed by atoms with van der Waals surface area (Å²) in [6.07, 6.45) is 3.83. The van der Waals surface area contributed by atoms with Gasteiger partial charge in [-0.15, -0.1) is 11.6 Å². The Morgan fingerprint density at radius 2 is 1.73 bits per heavy atom. The molecule has 1 aliphatic heterocycles. The number of carbonyl (C=O) groups is 4. The van der Waals surface area contributed by atoms with Gasteiger partial charge in [-0.25, -0.2) is 9.40 Å². The summed E-state index contributed by atoms with van der Waals surface area (Å²) in [5, 5.41) is 12.6. The van der Waals surface area contributed by atoms with Crippen LogP contribution in [0.25, 0.3) is 0 Å². The molecule has 1 fully saturated rings. The third-order valence-electron chi connectivity index (χ3n) is 6.71. The quantitative estimate of drug-likeness (QED) is 0.127. The van der Waals surface area contributed by atoms with Gasteiger partial charge in [-0.2, -0.15) is 5.01 Å². The smallest absolute Gasteiger partial charge is 0.273 e. The molecule has 2 aliphatic rings. The van der Waals surface area contributed by atoms with Crippen molar-refractivity contribution in [3.8, 4) is 0 Å². The lowest BCUT2D eigenvalue weighted by molar-refractivity contribution is -0.384. The maximum absolute atomic E-state index is 13.8. The Kier molecular flexibility index (Phi) is 7.49. The van der Waals surface area contributed by atoms with Gasteiger partial charge in [0.1, 0.15) is 11.9 Å². The van der Waals surface area contributed by atoms with Crippen LogP contribution in [0, 0.1) is 33.7 Å². The van der Waals surface area contributed by atoms with E-state index < -0.39 is 52.1 Å². The fourth-order valence-corrected chi connectivity index (χ4v) is 5.05. The number of alkyl halides is 1. The number of halogens is 2. The molecule has 0 bridgehead atoms. The van der Waals surface area contributed by atoms with Crippen LogP contribution in [0.3, 0.4) is 0 Å². The number of rotatable bonds is 8. The lowest BCUT2D eigenvalue weighted by Crippen LogP contribution is -2.57. The molecule has 1 aliphatic carbocycles. The summed E-state index contributed by atoms with van der Waals surface area (Å²) in [5.41, 5.74) is -0.273. The SMILES string of the molecule is C[C@@H]1C=CC[C@@H]2C(=O)N(N(C(=O)c3ccc([N+](=O)[O-])cc3)[C@H](CCCl)C(=O)c3ccc(F)cc3)C(=O)[C@H]12. The monoisotopic (exact) mass is 527 g/mol. The molecule has 2 aromatic rings. The summed E-state index contributed by atoms with van der Waals surface area (Å²) >= 11 is 6.00. The Bertz CT molecular complexity index is 1280. The molecule has 0 saturated carbocycles. The minimum atomic E-state index is -1.37. The van der Waals surface area contributed by atoms with Gasteiger partial charge in [0.25, 0.3) is 23.4 Å². The second-order valence-electron chi connectivity index (χ2n) is 8.96. The number of hydrogen-bond donors (Lipinski definition) is 0. The Morgan fingerprint density at radius 3 is 2.30 bits per heavy atom. The predicted molar refractivity (Wildman–Crippen MR) is 131 cm³/mol. The van der Waals surface area contributed by atoms with Crippen molar-refractivity contribution in [3.05, 3.63) is 87.7 Å². The highest BCUT2D eigenvalue weighted by atomic mass is 35.5. The summed E-state index contributed by atoms with van der Waals surface area (Å²) in [4.78, 5) is 65.0. The number of hydrogen-bond acceptors (Lipinski definition) is 6. The number of carbonyl (C=O) groups excluding carboxylic acids is 4. The molecule has 0 aromatic heterocycles. The van der Waals surface area contributed by atoms with Crippen LogP contribution >= 0.6 is 11.6 Å². The molecule has 4 rings (SSSR count). The van der Waals surface area contributed by atoms with Crippen molar-refractivity contribution < 1.29 is 28.5 Å². The molecule has 11 heteroatoms. The van der Waals surface area contributed by atoms with Crippen LogP contribution in [-0.4, -0.2) is 50.4 Å². The molecular formula is C26H23ClFN3O6. The molecule has 0 spiro atoms. The molecule has 37 heavy (non-hydrogen) atoms. The summed E-state index contributed by atoms with van der Waals surface area (Å²) in [6, 6.07) is 7.89. The molecule has 0 N–H and O–H groups in total. The maximum Gasteiger partial charge on any atom is 0.273 e. The van der Waals surface area contributed by atoms with Crippen LogP contribution in [0.4, 0.5) is 10.1 Å². The van der Waals surface area contributed by atoms with Crippen LogP contribution in [0.2, 0.25) is 0 Å². The summed E-state index contributed by atoms with van der Waals surface area (Å²) in [5.74, 6) is -5.08. The zero-order valence-electron chi connectivity index (χ0n) is 19.8. The minimum absolute atomic E-state index is 0.0598. The average molecular weight is 528 g/mol. The third kappa shape index (κ3) is 4.89. The third-order valence-corrected chi connectivity index (χ3v) is 6.93. The first-order valence-electron chi connectivity index (χ1n) is 11.6. The van der Waals surface area contributed by atoms with Gasteiger partial charge in [0, 0.05) is 29.1 Å². The van der Waals surface area contributed by atoms with Crippen LogP contribution < -0.4 is 0 Å². The molecule has 0 unspecified atom stereocenters. The zero-order chi connectivity index (χ0) is 26.9. The van der Waals surface area contributed by atoms with E-state index in [9.17, 15) is 33.7 Å². The Hall–Kier alpha value is -3.92. The van der Waals surface area contributed by atoms with Gasteiger partial charge in [0.05, 0.1) is 16.8 Å². The average Bonchev–Trinajstić information content (AvgIpc) is 3.14. The number of allylic oxidation sites excluding steroid dienone is 2. The fourth-order valence-electron chi connectivity index (χ4n) is 4.85. The van der Waals surface area contributed by atoms with Crippen LogP contribution in [0.15, 0.2) is 60.7 Å². The Balaban J connectivity index is 1.81. The number of imide groups is 1. The van der Waals surface area contributed by atoms with Gasteiger partial charge >= 0.3 is 0 Å². The second-order valence-corrected chi connectivity index (χ2v) is 9.34. The molecule has 3 amide bonds. The number of nitrogens with zero attached hydrogens (tertiary/aromatic N) is 3. The molecule has 2 aromatic carbocycles. The van der Waals surface area contributed by atoms with Crippen molar-refractivity contribution in [2.45, 2.75) is 25.8 Å². The number of nitro benzene ring substituents is 1. The lowest BCUT2D eigenvalue weighted by atomic mass is 9.78. The topological polar surface area (TPSA) is 118 Å². The van der Waals surface area contributed by atoms with Gasteiger partial charge in [-0.1, -0.05) is 19.1 Å². The van der Waals surface area contributed by atoms with Crippen LogP contribution in [0.1, 0.15) is 40.5 Å². The normalized spacial score (nSPS) is 21.5. The van der Waals surface area contributed by atoms with E-state index in [4.69, 9.17) is 11.6 Å². The number of fused-ring (bicyclic) bond motifs is 1. The molecular weight excluding hydrogens is 505 g/mol. The molecule has 9 nitrogen and oxygen atoms in total. The first kappa shape index (κ1) is 26.2. The van der Waals surface area contributed by atoms with E-state index >= 15 is 0 Å². The Labute approximate surface area is 216 Å². The first-order valence-corrected chi connectivity index (χ1v) is 12.2. The van der Waals surface area contributed by atoms with E-state index in [-0.39, 0.29) is 35.0 Å². The van der Waals surface area contributed by atoms with Crippen molar-refractivity contribution in [2.75, 3.05) is 5.88 Å². The van der Waals surface area contributed by atoms with Gasteiger partial charge in [-0.05, 0) is 55.2 Å². The first-order chi connectivity index (χ1) is 17.6. The second kappa shape index (κ2) is 10.6. The van der Waals surface area contributed by atoms with Crippen molar-refractivity contribution in [2.24, 2.45) is 17.8 Å². The summed E-state index contributed by atoms with van der Waals surface area (Å²) in [7, 11) is 0. The van der Waals surface area contributed by atoms with Gasteiger partial charge in [-0.3, -0.25) is 29.3 Å². The molecule has 1 saturated heterocycles. The maximum atomic E-state index is 13.8. The highest BCUT2D eigenvalue weighted by molar-refractivity contribution is 6.18. The van der Waals surface area contributed by atoms with Crippen molar-refractivity contribution in [1.82, 2.24) is 10.0 Å². The molecule has 192 valence electrons. The van der Waals surface area contributed by atoms with Gasteiger partial charge in [0.2, 0.25) is 0 Å². The van der Waals surface area contributed by atoms with E-state index in [1.54, 1.807) is 6.92 Å². The van der Waals surface area contributed by atoms with Gasteiger partial charge in [0.15, 0.2) is 5.78 Å². The minimum Gasteiger partial charge on any atom is -0.292 e. The van der Waals surface area contributed by atoms with Crippen molar-refractivity contribution >= 4 is 40.8 Å². The van der Waals surface area contributed by atoms with E-state index in [1.807, 2.05) is 12.2 Å². The largest absolute Gasteiger partial charge is 0.292 e. The number of hydrazine groups is 1. The highest BCUT2D eigenvalue weighted by Crippen LogP contribution is 2.40. The molecule has 1 heterocycles. The zero-order valence-corrected chi connectivity index (χ0v) is 20.5. The fraction of sp³-hybridized carbons (Fsp3) is 0.308. The highest BCUT2D eigenvalue weighted by Gasteiger charge is 2.54. The van der Waals surface area contributed by atoms with E-state index in [0.717, 1.165) is 34.3 Å². The van der Waals surface area contributed by atoms with Crippen LogP contribution in [0.5, 0.6) is 0 Å². The number of benzene rings is 2. The number of non-ortho nitro benzene ring substituents is 1.